The number of rotatable bonds is 4. The smallest absolute Gasteiger partial charge is 0.408 e. The number of hydrogen-bond acceptors (Lipinski definition) is 4. The maximum atomic E-state index is 12.1. The lowest BCUT2D eigenvalue weighted by atomic mass is 9.97. The molecule has 1 amide bonds. The van der Waals surface area contributed by atoms with Gasteiger partial charge in [0.05, 0.1) is 11.5 Å². The number of hydrogen-bond donors (Lipinski definition) is 1. The van der Waals surface area contributed by atoms with Crippen LogP contribution in [-0.2, 0) is 14.3 Å². The van der Waals surface area contributed by atoms with Crippen LogP contribution in [-0.4, -0.2) is 24.3 Å². The second-order valence-electron chi connectivity index (χ2n) is 7.60. The Morgan fingerprint density at radius 2 is 1.62 bits per heavy atom. The first-order valence-electron chi connectivity index (χ1n) is 7.81. The van der Waals surface area contributed by atoms with E-state index in [-0.39, 0.29) is 12.6 Å². The van der Waals surface area contributed by atoms with E-state index in [4.69, 9.17) is 9.47 Å². The first kappa shape index (κ1) is 20.5. The molecule has 6 heteroatoms. The van der Waals surface area contributed by atoms with Crippen molar-refractivity contribution in [3.8, 4) is 0 Å². The summed E-state index contributed by atoms with van der Waals surface area (Å²) in [6.45, 7) is 10.8. The van der Waals surface area contributed by atoms with Gasteiger partial charge < -0.3 is 14.8 Å². The van der Waals surface area contributed by atoms with E-state index >= 15 is 0 Å². The maximum absolute atomic E-state index is 12.1. The van der Waals surface area contributed by atoms with Gasteiger partial charge in [0, 0.05) is 4.47 Å². The van der Waals surface area contributed by atoms with Crippen molar-refractivity contribution < 1.29 is 19.1 Å². The second-order valence-corrected chi connectivity index (χ2v) is 8.51. The SMILES string of the molecule is CC(C)(C)OC(=O)NC(COC(=O)C(C)(C)C)c1ccc(Br)cc1. The summed E-state index contributed by atoms with van der Waals surface area (Å²) in [5.41, 5.74) is -0.377. The molecule has 134 valence electrons. The van der Waals surface area contributed by atoms with Crippen LogP contribution in [0.2, 0.25) is 0 Å². The fourth-order valence-electron chi connectivity index (χ4n) is 1.74. The van der Waals surface area contributed by atoms with Gasteiger partial charge in [-0.2, -0.15) is 0 Å². The molecule has 0 bridgehead atoms. The van der Waals surface area contributed by atoms with Crippen LogP contribution in [0.3, 0.4) is 0 Å². The van der Waals surface area contributed by atoms with Gasteiger partial charge in [0.25, 0.3) is 0 Å². The van der Waals surface area contributed by atoms with Gasteiger partial charge in [-0.3, -0.25) is 4.79 Å². The molecule has 1 atom stereocenters. The minimum Gasteiger partial charge on any atom is -0.463 e. The lowest BCUT2D eigenvalue weighted by Crippen LogP contribution is -2.37. The monoisotopic (exact) mass is 399 g/mol. The first-order chi connectivity index (χ1) is 10.9. The van der Waals surface area contributed by atoms with Crippen molar-refractivity contribution in [1.29, 1.82) is 0 Å². The van der Waals surface area contributed by atoms with Crippen molar-refractivity contribution in [2.75, 3.05) is 6.61 Å². The van der Waals surface area contributed by atoms with Gasteiger partial charge in [-0.25, -0.2) is 4.79 Å². The Kier molecular flexibility index (Phi) is 6.84. The molecule has 0 fully saturated rings. The summed E-state index contributed by atoms with van der Waals surface area (Å²) < 4.78 is 11.6. The lowest BCUT2D eigenvalue weighted by Gasteiger charge is -2.25. The van der Waals surface area contributed by atoms with E-state index in [9.17, 15) is 9.59 Å². The third-order valence-corrected chi connectivity index (χ3v) is 3.49. The molecule has 0 aromatic heterocycles. The maximum Gasteiger partial charge on any atom is 0.408 e. The highest BCUT2D eigenvalue weighted by Crippen LogP contribution is 2.21. The number of nitrogens with one attached hydrogen (secondary N) is 1. The molecule has 1 unspecified atom stereocenters. The lowest BCUT2D eigenvalue weighted by molar-refractivity contribution is -0.153. The molecule has 0 saturated carbocycles. The Labute approximate surface area is 152 Å². The molecule has 0 aliphatic heterocycles. The zero-order valence-corrected chi connectivity index (χ0v) is 16.7. The summed E-state index contributed by atoms with van der Waals surface area (Å²) in [6, 6.07) is 6.96. The number of carbonyl (C=O) groups excluding carboxylic acids is 2. The molecule has 24 heavy (non-hydrogen) atoms. The van der Waals surface area contributed by atoms with Crippen LogP contribution in [0.1, 0.15) is 53.1 Å². The first-order valence-corrected chi connectivity index (χ1v) is 8.60. The molecule has 0 heterocycles. The molecule has 1 rings (SSSR count). The number of amides is 1. The Morgan fingerprint density at radius 1 is 1.08 bits per heavy atom. The molecular weight excluding hydrogens is 374 g/mol. The van der Waals surface area contributed by atoms with Crippen LogP contribution in [0.25, 0.3) is 0 Å². The molecule has 0 aliphatic carbocycles. The molecule has 5 nitrogen and oxygen atoms in total. The van der Waals surface area contributed by atoms with Crippen molar-refractivity contribution >= 4 is 28.0 Å². The number of esters is 1. The quantitative estimate of drug-likeness (QED) is 0.750. The van der Waals surface area contributed by atoms with E-state index in [0.717, 1.165) is 10.0 Å². The molecule has 1 aromatic rings. The van der Waals surface area contributed by atoms with E-state index in [2.05, 4.69) is 21.2 Å². The summed E-state index contributed by atoms with van der Waals surface area (Å²) in [6.07, 6.45) is -0.553. The minimum atomic E-state index is -0.601. The van der Waals surface area contributed by atoms with E-state index in [1.807, 2.05) is 24.3 Å². The molecule has 0 radical (unpaired) electrons. The average Bonchev–Trinajstić information content (AvgIpc) is 2.41. The van der Waals surface area contributed by atoms with Gasteiger partial charge >= 0.3 is 12.1 Å². The van der Waals surface area contributed by atoms with Crippen LogP contribution >= 0.6 is 15.9 Å². The highest BCUT2D eigenvalue weighted by molar-refractivity contribution is 9.10. The Balaban J connectivity index is 2.85. The normalized spacial score (nSPS) is 13.1. The van der Waals surface area contributed by atoms with E-state index in [1.54, 1.807) is 41.5 Å². The van der Waals surface area contributed by atoms with E-state index in [1.165, 1.54) is 0 Å². The zero-order chi connectivity index (χ0) is 18.5. The van der Waals surface area contributed by atoms with Crippen molar-refractivity contribution in [3.63, 3.8) is 0 Å². The molecular formula is C18H26BrNO4. The summed E-state index contributed by atoms with van der Waals surface area (Å²) in [5, 5.41) is 2.76. The summed E-state index contributed by atoms with van der Waals surface area (Å²) in [5.74, 6) is -0.324. The highest BCUT2D eigenvalue weighted by Gasteiger charge is 2.26. The fourth-order valence-corrected chi connectivity index (χ4v) is 2.01. The summed E-state index contributed by atoms with van der Waals surface area (Å²) >= 11 is 3.38. The van der Waals surface area contributed by atoms with Gasteiger partial charge in [0.1, 0.15) is 12.2 Å². The van der Waals surface area contributed by atoms with Crippen molar-refractivity contribution in [2.45, 2.75) is 53.2 Å². The zero-order valence-electron chi connectivity index (χ0n) is 15.1. The molecule has 0 spiro atoms. The number of ether oxygens (including phenoxy) is 2. The number of halogens is 1. The standard InChI is InChI=1S/C18H26BrNO4/c1-17(2,3)15(21)23-11-14(12-7-9-13(19)10-8-12)20-16(22)24-18(4,5)6/h7-10,14H,11H2,1-6H3,(H,20,22). The summed E-state index contributed by atoms with van der Waals surface area (Å²) in [4.78, 5) is 24.1. The predicted octanol–water partition coefficient (Wildman–Crippen LogP) is 4.60. The second kappa shape index (κ2) is 8.01. The Morgan fingerprint density at radius 3 is 2.08 bits per heavy atom. The Hall–Kier alpha value is -1.56. The highest BCUT2D eigenvalue weighted by atomic mass is 79.9. The predicted molar refractivity (Wildman–Crippen MR) is 96.7 cm³/mol. The molecule has 1 aromatic carbocycles. The Bertz CT molecular complexity index is 570. The van der Waals surface area contributed by atoms with Crippen molar-refractivity contribution in [3.05, 3.63) is 34.3 Å². The van der Waals surface area contributed by atoms with Gasteiger partial charge in [-0.05, 0) is 59.2 Å². The van der Waals surface area contributed by atoms with Crippen LogP contribution < -0.4 is 5.32 Å². The molecule has 1 N–H and O–H groups in total. The van der Waals surface area contributed by atoms with Crippen molar-refractivity contribution in [2.24, 2.45) is 5.41 Å². The van der Waals surface area contributed by atoms with Crippen LogP contribution in [0.15, 0.2) is 28.7 Å². The van der Waals surface area contributed by atoms with E-state index in [0.29, 0.717) is 0 Å². The average molecular weight is 400 g/mol. The van der Waals surface area contributed by atoms with Crippen LogP contribution in [0.5, 0.6) is 0 Å². The third kappa shape index (κ3) is 7.34. The molecule has 0 saturated heterocycles. The van der Waals surface area contributed by atoms with Gasteiger partial charge in [0.15, 0.2) is 0 Å². The van der Waals surface area contributed by atoms with Gasteiger partial charge in [0.2, 0.25) is 0 Å². The largest absolute Gasteiger partial charge is 0.463 e. The van der Waals surface area contributed by atoms with Gasteiger partial charge in [-0.1, -0.05) is 28.1 Å². The molecule has 0 aliphatic rings. The number of carbonyl (C=O) groups is 2. The minimum absolute atomic E-state index is 0.0387. The number of benzene rings is 1. The topological polar surface area (TPSA) is 64.6 Å². The summed E-state index contributed by atoms with van der Waals surface area (Å²) in [7, 11) is 0. The third-order valence-electron chi connectivity index (χ3n) is 2.96. The van der Waals surface area contributed by atoms with Gasteiger partial charge in [-0.15, -0.1) is 0 Å². The van der Waals surface area contributed by atoms with E-state index < -0.39 is 23.2 Å². The fraction of sp³-hybridized carbons (Fsp3) is 0.556. The van der Waals surface area contributed by atoms with Crippen molar-refractivity contribution in [1.82, 2.24) is 5.32 Å². The van der Waals surface area contributed by atoms with Crippen LogP contribution in [0.4, 0.5) is 4.79 Å². The van der Waals surface area contributed by atoms with Crippen LogP contribution in [0, 0.1) is 5.41 Å². The number of alkyl carbamates (subject to hydrolysis) is 1.